The molecule has 2 fully saturated rings. The summed E-state index contributed by atoms with van der Waals surface area (Å²) in [5, 5.41) is 3.71. The summed E-state index contributed by atoms with van der Waals surface area (Å²) in [6.07, 6.45) is 16.1. The van der Waals surface area contributed by atoms with Crippen molar-refractivity contribution in [3.8, 4) is 0 Å². The molecule has 0 atom stereocenters. The van der Waals surface area contributed by atoms with Gasteiger partial charge in [-0.15, -0.1) is 0 Å². The molecule has 0 spiro atoms. The van der Waals surface area contributed by atoms with E-state index in [1.807, 2.05) is 0 Å². The van der Waals surface area contributed by atoms with Gasteiger partial charge in [0.2, 0.25) is 5.95 Å². The Morgan fingerprint density at radius 1 is 1.05 bits per heavy atom. The van der Waals surface area contributed by atoms with Crippen LogP contribution in [0.1, 0.15) is 69.9 Å². The lowest BCUT2D eigenvalue weighted by molar-refractivity contribution is 0.320. The fraction of sp³-hybridized carbons (Fsp3) is 0.824. The van der Waals surface area contributed by atoms with Gasteiger partial charge < -0.3 is 9.88 Å². The van der Waals surface area contributed by atoms with E-state index in [1.54, 1.807) is 0 Å². The van der Waals surface area contributed by atoms with Crippen LogP contribution in [0.2, 0.25) is 0 Å². The van der Waals surface area contributed by atoms with Crippen LogP contribution in [0.5, 0.6) is 0 Å². The first-order chi connectivity index (χ1) is 9.81. The Balaban J connectivity index is 1.63. The largest absolute Gasteiger partial charge is 0.353 e. The molecule has 0 amide bonds. The molecular weight excluding hydrogens is 246 g/mol. The van der Waals surface area contributed by atoms with E-state index in [4.69, 9.17) is 4.98 Å². The maximum atomic E-state index is 4.72. The molecular formula is C17H29N3. The zero-order valence-electron chi connectivity index (χ0n) is 12.9. The molecule has 0 saturated heterocycles. The first kappa shape index (κ1) is 14.0. The van der Waals surface area contributed by atoms with E-state index in [2.05, 4.69) is 23.0 Å². The number of nitrogens with zero attached hydrogens (tertiary/aromatic N) is 2. The fourth-order valence-corrected chi connectivity index (χ4v) is 3.88. The molecule has 2 saturated carbocycles. The minimum atomic E-state index is 0.649. The number of anilines is 1. The molecule has 2 aliphatic rings. The van der Waals surface area contributed by atoms with Crippen LogP contribution in [0.4, 0.5) is 5.95 Å². The highest BCUT2D eigenvalue weighted by Crippen LogP contribution is 2.27. The number of rotatable bonds is 4. The van der Waals surface area contributed by atoms with Crippen molar-refractivity contribution >= 4 is 5.95 Å². The molecule has 0 aliphatic heterocycles. The standard InChI is InChI=1S/C17H29N3/c1-14-12-20(13-15-8-4-2-5-9-15)17(18-14)19-16-10-6-3-7-11-16/h12,15-16H,2-11,13H2,1H3,(H,18,19). The number of hydrogen-bond acceptors (Lipinski definition) is 2. The van der Waals surface area contributed by atoms with Crippen LogP contribution in [0.3, 0.4) is 0 Å². The summed E-state index contributed by atoms with van der Waals surface area (Å²) in [5.41, 5.74) is 1.15. The van der Waals surface area contributed by atoms with Crippen molar-refractivity contribution in [1.29, 1.82) is 0 Å². The molecule has 1 N–H and O–H groups in total. The quantitative estimate of drug-likeness (QED) is 0.875. The molecule has 1 aromatic heterocycles. The van der Waals surface area contributed by atoms with E-state index < -0.39 is 0 Å². The van der Waals surface area contributed by atoms with Crippen molar-refractivity contribution in [3.05, 3.63) is 11.9 Å². The first-order valence-electron chi connectivity index (χ1n) is 8.61. The molecule has 1 aromatic rings. The first-order valence-corrected chi connectivity index (χ1v) is 8.61. The second-order valence-corrected chi connectivity index (χ2v) is 6.84. The second-order valence-electron chi connectivity index (χ2n) is 6.84. The number of hydrogen-bond donors (Lipinski definition) is 1. The van der Waals surface area contributed by atoms with E-state index in [0.29, 0.717) is 6.04 Å². The molecule has 2 aliphatic carbocycles. The third-order valence-electron chi connectivity index (χ3n) is 5.02. The maximum Gasteiger partial charge on any atom is 0.203 e. The molecule has 0 radical (unpaired) electrons. The van der Waals surface area contributed by atoms with Gasteiger partial charge in [0.15, 0.2) is 0 Å². The molecule has 3 heteroatoms. The number of aryl methyl sites for hydroxylation is 1. The van der Waals surface area contributed by atoms with Gasteiger partial charge in [0.25, 0.3) is 0 Å². The van der Waals surface area contributed by atoms with Crippen molar-refractivity contribution in [1.82, 2.24) is 9.55 Å². The Hall–Kier alpha value is -0.990. The fourth-order valence-electron chi connectivity index (χ4n) is 3.88. The average molecular weight is 275 g/mol. The summed E-state index contributed by atoms with van der Waals surface area (Å²) >= 11 is 0. The van der Waals surface area contributed by atoms with Gasteiger partial charge >= 0.3 is 0 Å². The van der Waals surface area contributed by atoms with Gasteiger partial charge in [-0.05, 0) is 38.5 Å². The van der Waals surface area contributed by atoms with E-state index in [0.717, 1.165) is 24.1 Å². The average Bonchev–Trinajstić information content (AvgIpc) is 2.81. The third kappa shape index (κ3) is 3.56. The summed E-state index contributed by atoms with van der Waals surface area (Å²) in [4.78, 5) is 4.72. The third-order valence-corrected chi connectivity index (χ3v) is 5.02. The number of nitrogens with one attached hydrogen (secondary N) is 1. The zero-order valence-corrected chi connectivity index (χ0v) is 12.9. The van der Waals surface area contributed by atoms with Crippen molar-refractivity contribution in [2.75, 3.05) is 5.32 Å². The van der Waals surface area contributed by atoms with Gasteiger partial charge in [-0.2, -0.15) is 0 Å². The Bertz CT molecular complexity index is 374. The van der Waals surface area contributed by atoms with Gasteiger partial charge in [-0.25, -0.2) is 4.98 Å². The highest BCUT2D eigenvalue weighted by molar-refractivity contribution is 5.30. The van der Waals surface area contributed by atoms with Crippen LogP contribution in [0, 0.1) is 12.8 Å². The van der Waals surface area contributed by atoms with E-state index >= 15 is 0 Å². The number of aromatic nitrogens is 2. The molecule has 1 heterocycles. The second kappa shape index (κ2) is 6.64. The van der Waals surface area contributed by atoms with Crippen molar-refractivity contribution < 1.29 is 0 Å². The highest BCUT2D eigenvalue weighted by atomic mass is 15.2. The summed E-state index contributed by atoms with van der Waals surface area (Å²) < 4.78 is 2.39. The van der Waals surface area contributed by atoms with Crippen molar-refractivity contribution in [2.45, 2.75) is 83.7 Å². The van der Waals surface area contributed by atoms with Crippen LogP contribution in [-0.4, -0.2) is 15.6 Å². The molecule has 3 nitrogen and oxygen atoms in total. The molecule has 0 aromatic carbocycles. The lowest BCUT2D eigenvalue weighted by Gasteiger charge is -2.26. The maximum absolute atomic E-state index is 4.72. The van der Waals surface area contributed by atoms with Gasteiger partial charge in [-0.1, -0.05) is 38.5 Å². The molecule has 0 unspecified atom stereocenters. The zero-order chi connectivity index (χ0) is 13.8. The van der Waals surface area contributed by atoms with Gasteiger partial charge in [0.05, 0.1) is 5.69 Å². The Kier molecular flexibility index (Phi) is 4.64. The predicted molar refractivity (Wildman–Crippen MR) is 84.0 cm³/mol. The monoisotopic (exact) mass is 275 g/mol. The van der Waals surface area contributed by atoms with Crippen LogP contribution in [0.15, 0.2) is 6.20 Å². The van der Waals surface area contributed by atoms with Gasteiger partial charge in [0, 0.05) is 18.8 Å². The summed E-state index contributed by atoms with van der Waals surface area (Å²) in [6, 6.07) is 0.649. The highest BCUT2D eigenvalue weighted by Gasteiger charge is 2.19. The van der Waals surface area contributed by atoms with Gasteiger partial charge in [0.1, 0.15) is 0 Å². The molecule has 0 bridgehead atoms. The minimum absolute atomic E-state index is 0.649. The molecule has 112 valence electrons. The van der Waals surface area contributed by atoms with Crippen LogP contribution in [0.25, 0.3) is 0 Å². The summed E-state index contributed by atoms with van der Waals surface area (Å²) in [5.74, 6) is 1.99. The smallest absolute Gasteiger partial charge is 0.203 e. The lowest BCUT2D eigenvalue weighted by atomic mass is 9.89. The van der Waals surface area contributed by atoms with E-state index in [9.17, 15) is 0 Å². The summed E-state index contributed by atoms with van der Waals surface area (Å²) in [6.45, 7) is 3.28. The number of imidazole rings is 1. The van der Waals surface area contributed by atoms with Crippen LogP contribution in [-0.2, 0) is 6.54 Å². The van der Waals surface area contributed by atoms with E-state index in [-0.39, 0.29) is 0 Å². The van der Waals surface area contributed by atoms with Crippen LogP contribution >= 0.6 is 0 Å². The minimum Gasteiger partial charge on any atom is -0.353 e. The topological polar surface area (TPSA) is 29.9 Å². The van der Waals surface area contributed by atoms with Crippen molar-refractivity contribution in [3.63, 3.8) is 0 Å². The van der Waals surface area contributed by atoms with Gasteiger partial charge in [-0.3, -0.25) is 0 Å². The summed E-state index contributed by atoms with van der Waals surface area (Å²) in [7, 11) is 0. The molecule has 20 heavy (non-hydrogen) atoms. The Morgan fingerprint density at radius 3 is 2.40 bits per heavy atom. The SMILES string of the molecule is Cc1cn(CC2CCCCC2)c(NC2CCCCC2)n1. The lowest BCUT2D eigenvalue weighted by Crippen LogP contribution is -2.25. The predicted octanol–water partition coefficient (Wildman–Crippen LogP) is 4.52. The normalized spacial score (nSPS) is 22.1. The molecule has 3 rings (SSSR count). The Labute approximate surface area is 123 Å². The Morgan fingerprint density at radius 2 is 1.70 bits per heavy atom. The van der Waals surface area contributed by atoms with Crippen molar-refractivity contribution in [2.24, 2.45) is 5.92 Å². The van der Waals surface area contributed by atoms with Crippen LogP contribution < -0.4 is 5.32 Å². The van der Waals surface area contributed by atoms with E-state index in [1.165, 1.54) is 64.2 Å².